The summed E-state index contributed by atoms with van der Waals surface area (Å²) in [5, 5.41) is 18.5. The maximum atomic E-state index is 12.4. The molecule has 0 aliphatic carbocycles. The van der Waals surface area contributed by atoms with Gasteiger partial charge < -0.3 is 10.1 Å². The second kappa shape index (κ2) is 5.95. The molecule has 0 spiro atoms. The van der Waals surface area contributed by atoms with Gasteiger partial charge in [0.25, 0.3) is 0 Å². The van der Waals surface area contributed by atoms with Crippen molar-refractivity contribution in [1.82, 2.24) is 9.78 Å². The number of anilines is 1. The highest BCUT2D eigenvalue weighted by atomic mass is 16.6. The SMILES string of the molecule is COc1cccc([C@H]2c3cnn(C(C)C)c3NC(=O)[C@@H]2[N+](=O)[O-])c1. The van der Waals surface area contributed by atoms with E-state index in [9.17, 15) is 14.9 Å². The van der Waals surface area contributed by atoms with Gasteiger partial charge in [-0.05, 0) is 31.5 Å². The number of carbonyl (C=O) groups excluding carboxylic acids is 1. The standard InChI is InChI=1S/C16H18N4O4/c1-9(2)19-15-12(8-17-19)13(14(20(22)23)16(21)18-15)10-5-4-6-11(7-10)24-3/h4-9,13-14H,1-3H3,(H,18,21)/t13-,14+/m0/s1. The van der Waals surface area contributed by atoms with Crippen molar-refractivity contribution in [1.29, 1.82) is 0 Å². The number of amides is 1. The average molecular weight is 330 g/mol. The van der Waals surface area contributed by atoms with Crippen LogP contribution in [0.15, 0.2) is 30.5 Å². The number of rotatable bonds is 4. The monoisotopic (exact) mass is 330 g/mol. The lowest BCUT2D eigenvalue weighted by Gasteiger charge is -2.27. The number of ether oxygens (including phenoxy) is 1. The van der Waals surface area contributed by atoms with Crippen LogP contribution in [0.2, 0.25) is 0 Å². The zero-order valence-electron chi connectivity index (χ0n) is 13.6. The van der Waals surface area contributed by atoms with E-state index in [-0.39, 0.29) is 6.04 Å². The van der Waals surface area contributed by atoms with Crippen LogP contribution in [0.4, 0.5) is 5.82 Å². The maximum Gasteiger partial charge on any atom is 0.301 e. The average Bonchev–Trinajstić information content (AvgIpc) is 2.96. The highest BCUT2D eigenvalue weighted by Crippen LogP contribution is 2.40. The van der Waals surface area contributed by atoms with Gasteiger partial charge in [0.1, 0.15) is 11.6 Å². The topological polar surface area (TPSA) is 99.3 Å². The summed E-state index contributed by atoms with van der Waals surface area (Å²) in [7, 11) is 1.53. The highest BCUT2D eigenvalue weighted by Gasteiger charge is 2.47. The van der Waals surface area contributed by atoms with Crippen molar-refractivity contribution in [2.75, 3.05) is 12.4 Å². The predicted molar refractivity (Wildman–Crippen MR) is 86.9 cm³/mol. The van der Waals surface area contributed by atoms with Crippen LogP contribution in [0.3, 0.4) is 0 Å². The lowest BCUT2D eigenvalue weighted by atomic mass is 9.83. The number of fused-ring (bicyclic) bond motifs is 1. The molecule has 0 radical (unpaired) electrons. The number of carbonyl (C=O) groups is 1. The third-order valence-corrected chi connectivity index (χ3v) is 4.15. The Morgan fingerprint density at radius 3 is 2.79 bits per heavy atom. The molecular weight excluding hydrogens is 312 g/mol. The van der Waals surface area contributed by atoms with Gasteiger partial charge in [-0.1, -0.05) is 12.1 Å². The zero-order valence-corrected chi connectivity index (χ0v) is 13.6. The number of hydrogen-bond acceptors (Lipinski definition) is 5. The summed E-state index contributed by atoms with van der Waals surface area (Å²) in [5.74, 6) is -0.256. The molecule has 0 unspecified atom stereocenters. The summed E-state index contributed by atoms with van der Waals surface area (Å²) < 4.78 is 6.87. The maximum absolute atomic E-state index is 12.4. The smallest absolute Gasteiger partial charge is 0.301 e. The van der Waals surface area contributed by atoms with Crippen LogP contribution >= 0.6 is 0 Å². The molecular formula is C16H18N4O4. The van der Waals surface area contributed by atoms with Gasteiger partial charge in [-0.2, -0.15) is 5.10 Å². The number of aromatic nitrogens is 2. The van der Waals surface area contributed by atoms with E-state index in [1.807, 2.05) is 13.8 Å². The quantitative estimate of drug-likeness (QED) is 0.684. The van der Waals surface area contributed by atoms with Crippen molar-refractivity contribution in [3.05, 3.63) is 51.7 Å². The molecule has 1 amide bonds. The molecule has 126 valence electrons. The second-order valence-corrected chi connectivity index (χ2v) is 5.96. The summed E-state index contributed by atoms with van der Waals surface area (Å²) in [6.07, 6.45) is 1.59. The van der Waals surface area contributed by atoms with E-state index in [0.717, 1.165) is 0 Å². The normalized spacial score (nSPS) is 19.8. The Balaban J connectivity index is 2.19. The lowest BCUT2D eigenvalue weighted by Crippen LogP contribution is -2.44. The summed E-state index contributed by atoms with van der Waals surface area (Å²) >= 11 is 0. The second-order valence-electron chi connectivity index (χ2n) is 5.96. The zero-order chi connectivity index (χ0) is 17.4. The molecule has 0 saturated carbocycles. The Hall–Kier alpha value is -2.90. The van der Waals surface area contributed by atoms with E-state index < -0.39 is 22.8 Å². The van der Waals surface area contributed by atoms with Gasteiger partial charge in [-0.3, -0.25) is 14.9 Å². The van der Waals surface area contributed by atoms with E-state index in [0.29, 0.717) is 22.7 Å². The lowest BCUT2D eigenvalue weighted by molar-refractivity contribution is -0.509. The molecule has 0 bridgehead atoms. The van der Waals surface area contributed by atoms with E-state index in [1.165, 1.54) is 7.11 Å². The molecule has 8 nitrogen and oxygen atoms in total. The van der Waals surface area contributed by atoms with E-state index in [4.69, 9.17) is 4.74 Å². The third-order valence-electron chi connectivity index (χ3n) is 4.15. The Labute approximate surface area is 138 Å². The molecule has 24 heavy (non-hydrogen) atoms. The Morgan fingerprint density at radius 2 is 2.17 bits per heavy atom. The Morgan fingerprint density at radius 1 is 1.42 bits per heavy atom. The largest absolute Gasteiger partial charge is 0.497 e. The van der Waals surface area contributed by atoms with Crippen LogP contribution in [0.5, 0.6) is 5.75 Å². The summed E-state index contributed by atoms with van der Waals surface area (Å²) in [6, 6.07) is 5.60. The summed E-state index contributed by atoms with van der Waals surface area (Å²) in [5.41, 5.74) is 1.29. The fraction of sp³-hybridized carbons (Fsp3) is 0.375. The third kappa shape index (κ3) is 2.49. The van der Waals surface area contributed by atoms with Gasteiger partial charge in [0, 0.05) is 16.5 Å². The molecule has 0 saturated heterocycles. The van der Waals surface area contributed by atoms with Crippen molar-refractivity contribution in [3.63, 3.8) is 0 Å². The molecule has 1 N–H and O–H groups in total. The number of benzene rings is 1. The number of nitrogens with one attached hydrogen (secondary N) is 1. The molecule has 1 aliphatic heterocycles. The molecule has 1 aromatic heterocycles. The first kappa shape index (κ1) is 16.0. The van der Waals surface area contributed by atoms with Crippen LogP contribution < -0.4 is 10.1 Å². The van der Waals surface area contributed by atoms with Crippen LogP contribution in [-0.4, -0.2) is 33.8 Å². The van der Waals surface area contributed by atoms with E-state index >= 15 is 0 Å². The first-order valence-corrected chi connectivity index (χ1v) is 7.59. The molecule has 2 aromatic rings. The van der Waals surface area contributed by atoms with E-state index in [1.54, 1.807) is 35.1 Å². The van der Waals surface area contributed by atoms with Gasteiger partial charge in [-0.25, -0.2) is 4.68 Å². The minimum absolute atomic E-state index is 0.0205. The predicted octanol–water partition coefficient (Wildman–Crippen LogP) is 2.20. The Kier molecular flexibility index (Phi) is 3.96. The van der Waals surface area contributed by atoms with Crippen molar-refractivity contribution >= 4 is 11.7 Å². The van der Waals surface area contributed by atoms with Gasteiger partial charge in [-0.15, -0.1) is 0 Å². The fourth-order valence-corrected chi connectivity index (χ4v) is 3.05. The molecule has 8 heteroatoms. The number of methoxy groups -OCH3 is 1. The summed E-state index contributed by atoms with van der Waals surface area (Å²) in [4.78, 5) is 23.4. The fourth-order valence-electron chi connectivity index (χ4n) is 3.05. The van der Waals surface area contributed by atoms with Gasteiger partial charge in [0.15, 0.2) is 0 Å². The van der Waals surface area contributed by atoms with E-state index in [2.05, 4.69) is 10.4 Å². The molecule has 1 aliphatic rings. The van der Waals surface area contributed by atoms with Crippen molar-refractivity contribution in [3.8, 4) is 5.75 Å². The molecule has 2 heterocycles. The van der Waals surface area contributed by atoms with Crippen LogP contribution in [0.1, 0.15) is 36.9 Å². The van der Waals surface area contributed by atoms with Crippen LogP contribution in [0, 0.1) is 10.1 Å². The van der Waals surface area contributed by atoms with Crippen LogP contribution in [0.25, 0.3) is 0 Å². The number of nitrogens with zero attached hydrogens (tertiary/aromatic N) is 3. The Bertz CT molecular complexity index is 799. The van der Waals surface area contributed by atoms with Crippen LogP contribution in [-0.2, 0) is 4.79 Å². The van der Waals surface area contributed by atoms with Crippen molar-refractivity contribution in [2.45, 2.75) is 31.8 Å². The molecule has 3 rings (SSSR count). The first-order chi connectivity index (χ1) is 11.4. The summed E-state index contributed by atoms with van der Waals surface area (Å²) in [6.45, 7) is 3.86. The molecule has 1 aromatic carbocycles. The van der Waals surface area contributed by atoms with Gasteiger partial charge in [0.05, 0.1) is 19.2 Å². The van der Waals surface area contributed by atoms with Crippen molar-refractivity contribution in [2.24, 2.45) is 0 Å². The van der Waals surface area contributed by atoms with Gasteiger partial charge in [0.2, 0.25) is 0 Å². The molecule has 2 atom stereocenters. The number of nitro groups is 1. The molecule has 0 fully saturated rings. The number of hydrogen-bond donors (Lipinski definition) is 1. The minimum atomic E-state index is -1.41. The first-order valence-electron chi connectivity index (χ1n) is 7.59. The highest BCUT2D eigenvalue weighted by molar-refractivity contribution is 5.97. The van der Waals surface area contributed by atoms with Crippen molar-refractivity contribution < 1.29 is 14.5 Å². The van der Waals surface area contributed by atoms with Gasteiger partial charge >= 0.3 is 11.9 Å². The minimum Gasteiger partial charge on any atom is -0.497 e.